The maximum Gasteiger partial charge on any atom is 0.0967 e. The second-order valence-corrected chi connectivity index (χ2v) is 6.29. The summed E-state index contributed by atoms with van der Waals surface area (Å²) in [6, 6.07) is 20.6. The first-order chi connectivity index (χ1) is 12.3. The van der Waals surface area contributed by atoms with Crippen LogP contribution >= 0.6 is 0 Å². The van der Waals surface area contributed by atoms with Crippen molar-refractivity contribution in [2.24, 2.45) is 7.05 Å². The molecule has 0 fully saturated rings. The van der Waals surface area contributed by atoms with E-state index in [4.69, 9.17) is 0 Å². The van der Waals surface area contributed by atoms with Crippen molar-refractivity contribution in [1.82, 2.24) is 15.1 Å². The topological polar surface area (TPSA) is 50.1 Å². The summed E-state index contributed by atoms with van der Waals surface area (Å²) < 4.78 is 1.86. The molecular formula is C21H25N3O. The fourth-order valence-corrected chi connectivity index (χ4v) is 3.15. The highest BCUT2D eigenvalue weighted by Gasteiger charge is 2.13. The van der Waals surface area contributed by atoms with Gasteiger partial charge in [0.15, 0.2) is 0 Å². The van der Waals surface area contributed by atoms with Crippen LogP contribution in [0.25, 0.3) is 11.3 Å². The van der Waals surface area contributed by atoms with E-state index in [1.54, 1.807) is 0 Å². The molecule has 1 aromatic heterocycles. The molecule has 0 saturated carbocycles. The lowest BCUT2D eigenvalue weighted by Crippen LogP contribution is -2.22. The summed E-state index contributed by atoms with van der Waals surface area (Å²) in [7, 11) is 1.95. The number of aliphatic hydroxyl groups excluding tert-OH is 1. The van der Waals surface area contributed by atoms with Gasteiger partial charge >= 0.3 is 0 Å². The van der Waals surface area contributed by atoms with Crippen LogP contribution in [-0.4, -0.2) is 28.0 Å². The number of nitrogens with zero attached hydrogens (tertiary/aromatic N) is 2. The van der Waals surface area contributed by atoms with Crippen molar-refractivity contribution >= 4 is 0 Å². The summed E-state index contributed by atoms with van der Waals surface area (Å²) in [4.78, 5) is 0. The summed E-state index contributed by atoms with van der Waals surface area (Å²) in [5.41, 5.74) is 4.60. The van der Waals surface area contributed by atoms with E-state index in [9.17, 15) is 5.11 Å². The molecule has 1 heterocycles. The van der Waals surface area contributed by atoms with Gasteiger partial charge in [0.1, 0.15) is 0 Å². The Bertz CT molecular complexity index is 768. The minimum Gasteiger partial charge on any atom is -0.396 e. The fourth-order valence-electron chi connectivity index (χ4n) is 3.15. The van der Waals surface area contributed by atoms with Crippen molar-refractivity contribution < 1.29 is 5.11 Å². The van der Waals surface area contributed by atoms with Crippen LogP contribution in [0.15, 0.2) is 66.9 Å². The van der Waals surface area contributed by atoms with E-state index in [2.05, 4.69) is 40.9 Å². The number of hydrogen-bond acceptors (Lipinski definition) is 3. The molecule has 3 rings (SSSR count). The summed E-state index contributed by atoms with van der Waals surface area (Å²) in [6.07, 6.45) is 2.83. The first-order valence-corrected chi connectivity index (χ1v) is 8.72. The molecule has 1 unspecified atom stereocenters. The number of aliphatic hydroxyl groups is 1. The highest BCUT2D eigenvalue weighted by Crippen LogP contribution is 2.22. The molecule has 25 heavy (non-hydrogen) atoms. The molecule has 4 nitrogen and oxygen atoms in total. The predicted molar refractivity (Wildman–Crippen MR) is 101 cm³/mol. The van der Waals surface area contributed by atoms with Gasteiger partial charge in [0.25, 0.3) is 0 Å². The SMILES string of the molecule is Cn1cc(CNCC(CCO)c2ccccc2)c(-c2ccccc2)n1. The first kappa shape index (κ1) is 17.4. The largest absolute Gasteiger partial charge is 0.396 e. The molecule has 0 radical (unpaired) electrons. The standard InChI is InChI=1S/C21H25N3O/c1-24-16-20(21(23-24)18-10-6-3-7-11-18)15-22-14-19(12-13-25)17-8-4-2-5-9-17/h2-11,16,19,22,25H,12-15H2,1H3. The van der Waals surface area contributed by atoms with Crippen molar-refractivity contribution in [2.75, 3.05) is 13.2 Å². The lowest BCUT2D eigenvalue weighted by Gasteiger charge is -2.17. The summed E-state index contributed by atoms with van der Waals surface area (Å²) in [5, 5.41) is 17.5. The second kappa shape index (κ2) is 8.60. The van der Waals surface area contributed by atoms with Gasteiger partial charge in [-0.2, -0.15) is 5.10 Å². The Morgan fingerprint density at radius 3 is 2.40 bits per heavy atom. The van der Waals surface area contributed by atoms with E-state index >= 15 is 0 Å². The quantitative estimate of drug-likeness (QED) is 0.664. The molecule has 2 N–H and O–H groups in total. The van der Waals surface area contributed by atoms with Crippen molar-refractivity contribution in [1.29, 1.82) is 0 Å². The minimum absolute atomic E-state index is 0.198. The number of aryl methyl sites for hydroxylation is 1. The molecular weight excluding hydrogens is 310 g/mol. The molecule has 0 spiro atoms. The molecule has 0 saturated heterocycles. The van der Waals surface area contributed by atoms with Crippen LogP contribution in [0.1, 0.15) is 23.5 Å². The molecule has 130 valence electrons. The molecule has 0 bridgehead atoms. The van der Waals surface area contributed by atoms with E-state index in [1.807, 2.05) is 48.1 Å². The summed E-state index contributed by atoms with van der Waals surface area (Å²) in [6.45, 7) is 1.78. The van der Waals surface area contributed by atoms with E-state index in [0.29, 0.717) is 5.92 Å². The lowest BCUT2D eigenvalue weighted by atomic mass is 9.96. The molecule has 0 aliphatic rings. The molecule has 0 amide bonds. The van der Waals surface area contributed by atoms with Gasteiger partial charge in [-0.25, -0.2) is 0 Å². The number of hydrogen-bond donors (Lipinski definition) is 2. The van der Waals surface area contributed by atoms with Crippen LogP contribution < -0.4 is 5.32 Å². The predicted octanol–water partition coefficient (Wildman–Crippen LogP) is 3.34. The Hall–Kier alpha value is -2.43. The molecule has 4 heteroatoms. The normalized spacial score (nSPS) is 12.2. The third kappa shape index (κ3) is 4.56. The van der Waals surface area contributed by atoms with Crippen molar-refractivity contribution in [3.05, 3.63) is 78.0 Å². The van der Waals surface area contributed by atoms with Gasteiger partial charge in [0.2, 0.25) is 0 Å². The Morgan fingerprint density at radius 2 is 1.72 bits per heavy atom. The van der Waals surface area contributed by atoms with Gasteiger partial charge < -0.3 is 10.4 Å². The molecule has 0 aliphatic heterocycles. The van der Waals surface area contributed by atoms with E-state index in [-0.39, 0.29) is 6.61 Å². The highest BCUT2D eigenvalue weighted by molar-refractivity contribution is 5.62. The van der Waals surface area contributed by atoms with Crippen LogP contribution in [0.4, 0.5) is 0 Å². The Labute approximate surface area is 149 Å². The third-order valence-electron chi connectivity index (χ3n) is 4.41. The van der Waals surface area contributed by atoms with Crippen LogP contribution in [0.5, 0.6) is 0 Å². The third-order valence-corrected chi connectivity index (χ3v) is 4.41. The van der Waals surface area contributed by atoms with Crippen molar-refractivity contribution in [3.8, 4) is 11.3 Å². The zero-order valence-corrected chi connectivity index (χ0v) is 14.6. The van der Waals surface area contributed by atoms with Crippen LogP contribution in [-0.2, 0) is 13.6 Å². The number of nitrogens with one attached hydrogen (secondary N) is 1. The zero-order chi connectivity index (χ0) is 17.5. The lowest BCUT2D eigenvalue weighted by molar-refractivity contribution is 0.273. The number of aromatic nitrogens is 2. The van der Waals surface area contributed by atoms with Gasteiger partial charge in [-0.05, 0) is 17.9 Å². The van der Waals surface area contributed by atoms with E-state index < -0.39 is 0 Å². The van der Waals surface area contributed by atoms with E-state index in [0.717, 1.165) is 30.8 Å². The first-order valence-electron chi connectivity index (χ1n) is 8.72. The average molecular weight is 335 g/mol. The Morgan fingerprint density at radius 1 is 1.04 bits per heavy atom. The smallest absolute Gasteiger partial charge is 0.0967 e. The summed E-state index contributed by atoms with van der Waals surface area (Å²) >= 11 is 0. The molecule has 2 aromatic carbocycles. The fraction of sp³-hybridized carbons (Fsp3) is 0.286. The van der Waals surface area contributed by atoms with Crippen LogP contribution in [0, 0.1) is 0 Å². The number of rotatable bonds is 8. The van der Waals surface area contributed by atoms with Crippen LogP contribution in [0.2, 0.25) is 0 Å². The monoisotopic (exact) mass is 335 g/mol. The molecule has 1 atom stereocenters. The van der Waals surface area contributed by atoms with Gasteiger partial charge in [-0.1, -0.05) is 60.7 Å². The average Bonchev–Trinajstić information content (AvgIpc) is 3.03. The van der Waals surface area contributed by atoms with E-state index in [1.165, 1.54) is 11.1 Å². The molecule has 0 aliphatic carbocycles. The minimum atomic E-state index is 0.198. The Balaban J connectivity index is 1.67. The number of benzene rings is 2. The Kier molecular flexibility index (Phi) is 5.99. The van der Waals surface area contributed by atoms with Crippen molar-refractivity contribution in [3.63, 3.8) is 0 Å². The highest BCUT2D eigenvalue weighted by atomic mass is 16.3. The van der Waals surface area contributed by atoms with Gasteiger partial charge in [0, 0.05) is 44.1 Å². The maximum absolute atomic E-state index is 9.37. The van der Waals surface area contributed by atoms with Gasteiger partial charge in [-0.3, -0.25) is 4.68 Å². The zero-order valence-electron chi connectivity index (χ0n) is 14.6. The van der Waals surface area contributed by atoms with Crippen LogP contribution in [0.3, 0.4) is 0 Å². The molecule has 3 aromatic rings. The van der Waals surface area contributed by atoms with Gasteiger partial charge in [-0.15, -0.1) is 0 Å². The van der Waals surface area contributed by atoms with Crippen molar-refractivity contribution in [2.45, 2.75) is 18.9 Å². The van der Waals surface area contributed by atoms with Gasteiger partial charge in [0.05, 0.1) is 5.69 Å². The summed E-state index contributed by atoms with van der Waals surface area (Å²) in [5.74, 6) is 0.308. The second-order valence-electron chi connectivity index (χ2n) is 6.29. The maximum atomic E-state index is 9.37.